The van der Waals surface area contributed by atoms with Crippen LogP contribution in [-0.2, 0) is 9.53 Å². The normalized spacial score (nSPS) is 22.3. The van der Waals surface area contributed by atoms with Crippen LogP contribution in [0, 0.1) is 0 Å². The number of carbonyl (C=O) groups is 1. The lowest BCUT2D eigenvalue weighted by atomic mass is 10.2. The molecule has 0 radical (unpaired) electrons. The lowest BCUT2D eigenvalue weighted by Gasteiger charge is -2.14. The summed E-state index contributed by atoms with van der Waals surface area (Å²) in [6, 6.07) is 5.26. The summed E-state index contributed by atoms with van der Waals surface area (Å²) in [5, 5.41) is 6.02. The third-order valence-electron chi connectivity index (χ3n) is 3.16. The molecule has 0 saturated carbocycles. The Bertz CT molecular complexity index is 467. The minimum absolute atomic E-state index is 0.0732. The molecule has 1 aromatic rings. The highest BCUT2D eigenvalue weighted by Gasteiger charge is 2.29. The molecule has 6 heteroatoms. The Kier molecular flexibility index (Phi) is 4.79. The second kappa shape index (κ2) is 6.36. The van der Waals surface area contributed by atoms with Crippen LogP contribution in [0.3, 0.4) is 0 Å². The summed E-state index contributed by atoms with van der Waals surface area (Å²) in [6.07, 6.45) is 0.777. The van der Waals surface area contributed by atoms with E-state index in [2.05, 4.69) is 26.6 Å². The molecule has 0 bridgehead atoms. The minimum atomic E-state index is -0.228. The Balaban J connectivity index is 2.05. The molecule has 1 aliphatic rings. The number of hydrogen-bond donors (Lipinski definition) is 2. The van der Waals surface area contributed by atoms with Crippen LogP contribution in [0.15, 0.2) is 22.7 Å². The molecule has 1 heterocycles. The molecular formula is C13H17BrN2O3. The monoisotopic (exact) mass is 328 g/mol. The third kappa shape index (κ3) is 3.46. The van der Waals surface area contributed by atoms with Gasteiger partial charge < -0.3 is 20.1 Å². The topological polar surface area (TPSA) is 59.6 Å². The molecule has 0 spiro atoms. The molecule has 19 heavy (non-hydrogen) atoms. The number of halogens is 1. The van der Waals surface area contributed by atoms with Crippen LogP contribution in [-0.4, -0.2) is 38.8 Å². The number of rotatable bonds is 4. The number of benzene rings is 1. The Morgan fingerprint density at radius 2 is 2.26 bits per heavy atom. The fourth-order valence-electron chi connectivity index (χ4n) is 2.08. The van der Waals surface area contributed by atoms with Crippen LogP contribution >= 0.6 is 15.9 Å². The fraction of sp³-hybridized carbons (Fsp3) is 0.462. The molecule has 0 aromatic heterocycles. The van der Waals surface area contributed by atoms with Crippen molar-refractivity contribution in [1.29, 1.82) is 0 Å². The summed E-state index contributed by atoms with van der Waals surface area (Å²) in [7, 11) is 3.23. The second-order valence-corrected chi connectivity index (χ2v) is 5.30. The molecule has 1 fully saturated rings. The van der Waals surface area contributed by atoms with Gasteiger partial charge in [-0.15, -0.1) is 0 Å². The van der Waals surface area contributed by atoms with Gasteiger partial charge in [-0.3, -0.25) is 4.79 Å². The zero-order valence-electron chi connectivity index (χ0n) is 10.9. The summed E-state index contributed by atoms with van der Waals surface area (Å²) in [4.78, 5) is 12.2. The summed E-state index contributed by atoms with van der Waals surface area (Å²) in [5.74, 6) is 0.564. The van der Waals surface area contributed by atoms with Crippen molar-refractivity contribution in [1.82, 2.24) is 5.32 Å². The Morgan fingerprint density at radius 3 is 2.89 bits per heavy atom. The molecular weight excluding hydrogens is 312 g/mol. The van der Waals surface area contributed by atoms with Gasteiger partial charge in [-0.2, -0.15) is 0 Å². The van der Waals surface area contributed by atoms with E-state index in [-0.39, 0.29) is 18.1 Å². The molecule has 1 saturated heterocycles. The van der Waals surface area contributed by atoms with Gasteiger partial charge in [-0.05, 0) is 24.6 Å². The second-order valence-electron chi connectivity index (χ2n) is 4.39. The quantitative estimate of drug-likeness (QED) is 0.884. The van der Waals surface area contributed by atoms with Gasteiger partial charge in [0.05, 0.1) is 24.9 Å². The van der Waals surface area contributed by atoms with Crippen LogP contribution in [0.2, 0.25) is 0 Å². The van der Waals surface area contributed by atoms with Crippen LogP contribution in [0.1, 0.15) is 6.42 Å². The van der Waals surface area contributed by atoms with Crippen molar-refractivity contribution in [3.63, 3.8) is 0 Å². The van der Waals surface area contributed by atoms with Crippen molar-refractivity contribution >= 4 is 27.5 Å². The number of methoxy groups -OCH3 is 2. The lowest BCUT2D eigenvalue weighted by molar-refractivity contribution is -0.118. The molecule has 2 rings (SSSR count). The van der Waals surface area contributed by atoms with Crippen molar-refractivity contribution in [3.8, 4) is 5.75 Å². The Morgan fingerprint density at radius 1 is 1.47 bits per heavy atom. The van der Waals surface area contributed by atoms with E-state index in [0.717, 1.165) is 4.47 Å². The average Bonchev–Trinajstić information content (AvgIpc) is 2.88. The number of amides is 1. The van der Waals surface area contributed by atoms with Crippen molar-refractivity contribution < 1.29 is 14.3 Å². The van der Waals surface area contributed by atoms with E-state index < -0.39 is 0 Å². The standard InChI is InChI=1S/C13H17BrN2O3/c1-18-9-6-11(15-7-9)13(17)16-10-5-8(14)3-4-12(10)19-2/h3-5,9,11,15H,6-7H2,1-2H3,(H,16,17). The first-order valence-corrected chi connectivity index (χ1v) is 6.84. The first-order chi connectivity index (χ1) is 9.13. The summed E-state index contributed by atoms with van der Waals surface area (Å²) >= 11 is 3.38. The smallest absolute Gasteiger partial charge is 0.241 e. The largest absolute Gasteiger partial charge is 0.495 e. The van der Waals surface area contributed by atoms with Gasteiger partial charge in [0, 0.05) is 18.1 Å². The van der Waals surface area contributed by atoms with Crippen molar-refractivity contribution in [2.24, 2.45) is 0 Å². The van der Waals surface area contributed by atoms with Crippen LogP contribution in [0.25, 0.3) is 0 Å². The zero-order chi connectivity index (χ0) is 13.8. The van der Waals surface area contributed by atoms with Gasteiger partial charge in [-0.25, -0.2) is 0 Å². The highest BCUT2D eigenvalue weighted by molar-refractivity contribution is 9.10. The predicted molar refractivity (Wildman–Crippen MR) is 76.5 cm³/mol. The molecule has 1 aromatic carbocycles. The maximum atomic E-state index is 12.2. The Labute approximate surface area is 120 Å². The van der Waals surface area contributed by atoms with Gasteiger partial charge in [0.25, 0.3) is 0 Å². The van der Waals surface area contributed by atoms with Crippen LogP contribution in [0.4, 0.5) is 5.69 Å². The maximum Gasteiger partial charge on any atom is 0.241 e. The number of hydrogen-bond acceptors (Lipinski definition) is 4. The molecule has 0 aliphatic carbocycles. The molecule has 5 nitrogen and oxygen atoms in total. The van der Waals surface area contributed by atoms with Gasteiger partial charge in [0.1, 0.15) is 5.75 Å². The van der Waals surface area contributed by atoms with E-state index in [4.69, 9.17) is 9.47 Å². The maximum absolute atomic E-state index is 12.2. The molecule has 2 unspecified atom stereocenters. The first-order valence-electron chi connectivity index (χ1n) is 6.04. The minimum Gasteiger partial charge on any atom is -0.495 e. The van der Waals surface area contributed by atoms with E-state index in [1.54, 1.807) is 20.3 Å². The number of nitrogens with one attached hydrogen (secondary N) is 2. The lowest BCUT2D eigenvalue weighted by Crippen LogP contribution is -2.35. The van der Waals surface area contributed by atoms with E-state index >= 15 is 0 Å². The number of ether oxygens (including phenoxy) is 2. The van der Waals surface area contributed by atoms with E-state index in [1.807, 2.05) is 12.1 Å². The predicted octanol–water partition coefficient (Wildman–Crippen LogP) is 1.77. The van der Waals surface area contributed by atoms with Gasteiger partial charge in [-0.1, -0.05) is 15.9 Å². The molecule has 1 amide bonds. The highest BCUT2D eigenvalue weighted by atomic mass is 79.9. The van der Waals surface area contributed by atoms with Gasteiger partial charge in [0.15, 0.2) is 0 Å². The summed E-state index contributed by atoms with van der Waals surface area (Å²) in [5.41, 5.74) is 0.657. The molecule has 1 aliphatic heterocycles. The van der Waals surface area contributed by atoms with Crippen molar-refractivity contribution in [2.45, 2.75) is 18.6 Å². The fourth-order valence-corrected chi connectivity index (χ4v) is 2.44. The van der Waals surface area contributed by atoms with E-state index in [1.165, 1.54) is 0 Å². The first kappa shape index (κ1) is 14.3. The molecule has 2 atom stereocenters. The average molecular weight is 329 g/mol. The third-order valence-corrected chi connectivity index (χ3v) is 3.65. The van der Waals surface area contributed by atoms with Gasteiger partial charge >= 0.3 is 0 Å². The molecule has 104 valence electrons. The summed E-state index contributed by atoms with van der Waals surface area (Å²) in [6.45, 7) is 0.699. The van der Waals surface area contributed by atoms with E-state index in [0.29, 0.717) is 24.4 Å². The van der Waals surface area contributed by atoms with Crippen molar-refractivity contribution in [2.75, 3.05) is 26.1 Å². The van der Waals surface area contributed by atoms with Crippen molar-refractivity contribution in [3.05, 3.63) is 22.7 Å². The van der Waals surface area contributed by atoms with Crippen LogP contribution in [0.5, 0.6) is 5.75 Å². The van der Waals surface area contributed by atoms with Crippen LogP contribution < -0.4 is 15.4 Å². The summed E-state index contributed by atoms with van der Waals surface area (Å²) < 4.78 is 11.3. The van der Waals surface area contributed by atoms with Gasteiger partial charge in [0.2, 0.25) is 5.91 Å². The number of anilines is 1. The molecule has 2 N–H and O–H groups in total. The highest BCUT2D eigenvalue weighted by Crippen LogP contribution is 2.28. The SMILES string of the molecule is COc1ccc(Br)cc1NC(=O)C1CC(OC)CN1. The Hall–Kier alpha value is -1.11. The zero-order valence-corrected chi connectivity index (χ0v) is 12.5. The number of carbonyl (C=O) groups excluding carboxylic acids is 1. The van der Waals surface area contributed by atoms with E-state index in [9.17, 15) is 4.79 Å².